The third-order valence-electron chi connectivity index (χ3n) is 2.88. The summed E-state index contributed by atoms with van der Waals surface area (Å²) in [6.07, 6.45) is 0.956. The van der Waals surface area contributed by atoms with Crippen molar-refractivity contribution in [2.75, 3.05) is 0 Å². The zero-order valence-electron chi connectivity index (χ0n) is 10.9. The molecular formula is C16H15ClO2. The van der Waals surface area contributed by atoms with Crippen LogP contribution >= 0.6 is 11.6 Å². The SMILES string of the molecule is CCc1ccc(OC(=O)c2cc(C)ccc2Cl)cc1. The monoisotopic (exact) mass is 274 g/mol. The molecule has 2 aromatic carbocycles. The van der Waals surface area contributed by atoms with Crippen LogP contribution in [0.15, 0.2) is 42.5 Å². The first kappa shape index (κ1) is 13.6. The minimum atomic E-state index is -0.432. The van der Waals surface area contributed by atoms with Crippen LogP contribution < -0.4 is 4.74 Å². The number of hydrogen-bond donors (Lipinski definition) is 0. The number of aryl methyl sites for hydroxylation is 2. The van der Waals surface area contributed by atoms with Crippen molar-refractivity contribution in [2.45, 2.75) is 20.3 Å². The van der Waals surface area contributed by atoms with Gasteiger partial charge in [0.05, 0.1) is 10.6 Å². The molecule has 2 rings (SSSR count). The molecule has 98 valence electrons. The van der Waals surface area contributed by atoms with Crippen LogP contribution in [0.4, 0.5) is 0 Å². The number of ether oxygens (including phenoxy) is 1. The van der Waals surface area contributed by atoms with Gasteiger partial charge in [-0.15, -0.1) is 0 Å². The number of benzene rings is 2. The van der Waals surface area contributed by atoms with Crippen LogP contribution in [0.25, 0.3) is 0 Å². The van der Waals surface area contributed by atoms with Gasteiger partial charge in [-0.1, -0.05) is 42.3 Å². The summed E-state index contributed by atoms with van der Waals surface area (Å²) in [7, 11) is 0. The Labute approximate surface area is 118 Å². The summed E-state index contributed by atoms with van der Waals surface area (Å²) in [4.78, 5) is 12.0. The van der Waals surface area contributed by atoms with Crippen molar-refractivity contribution in [2.24, 2.45) is 0 Å². The lowest BCUT2D eigenvalue weighted by Gasteiger charge is -2.07. The summed E-state index contributed by atoms with van der Waals surface area (Å²) in [5.41, 5.74) is 2.56. The molecule has 3 heteroatoms. The molecule has 2 aromatic rings. The highest BCUT2D eigenvalue weighted by Crippen LogP contribution is 2.20. The van der Waals surface area contributed by atoms with Gasteiger partial charge in [-0.05, 0) is 43.2 Å². The second-order valence-corrected chi connectivity index (χ2v) is 4.78. The van der Waals surface area contributed by atoms with E-state index < -0.39 is 5.97 Å². The van der Waals surface area contributed by atoms with E-state index in [4.69, 9.17) is 16.3 Å². The molecular weight excluding hydrogens is 260 g/mol. The van der Waals surface area contributed by atoms with Crippen LogP contribution in [0, 0.1) is 6.92 Å². The van der Waals surface area contributed by atoms with Crippen molar-refractivity contribution in [1.82, 2.24) is 0 Å². The van der Waals surface area contributed by atoms with Gasteiger partial charge in [0.2, 0.25) is 0 Å². The Morgan fingerprint density at radius 1 is 1.16 bits per heavy atom. The zero-order chi connectivity index (χ0) is 13.8. The summed E-state index contributed by atoms with van der Waals surface area (Å²) >= 11 is 6.00. The molecule has 19 heavy (non-hydrogen) atoms. The molecule has 0 saturated heterocycles. The first-order chi connectivity index (χ1) is 9.10. The maximum absolute atomic E-state index is 12.0. The fraction of sp³-hybridized carbons (Fsp3) is 0.188. The quantitative estimate of drug-likeness (QED) is 0.611. The van der Waals surface area contributed by atoms with Gasteiger partial charge in [-0.2, -0.15) is 0 Å². The zero-order valence-corrected chi connectivity index (χ0v) is 11.7. The lowest BCUT2D eigenvalue weighted by molar-refractivity contribution is 0.0735. The van der Waals surface area contributed by atoms with Crippen molar-refractivity contribution in [3.8, 4) is 5.75 Å². The van der Waals surface area contributed by atoms with Gasteiger partial charge in [-0.3, -0.25) is 0 Å². The molecule has 0 aliphatic carbocycles. The molecule has 0 aromatic heterocycles. The molecule has 0 amide bonds. The summed E-state index contributed by atoms with van der Waals surface area (Å²) in [6, 6.07) is 12.8. The maximum atomic E-state index is 12.0. The highest BCUT2D eigenvalue weighted by Gasteiger charge is 2.12. The fourth-order valence-corrected chi connectivity index (χ4v) is 1.95. The van der Waals surface area contributed by atoms with Crippen LogP contribution in [0.5, 0.6) is 5.75 Å². The third-order valence-corrected chi connectivity index (χ3v) is 3.21. The van der Waals surface area contributed by atoms with E-state index in [2.05, 4.69) is 6.92 Å². The summed E-state index contributed by atoms with van der Waals surface area (Å²) in [5, 5.41) is 0.403. The van der Waals surface area contributed by atoms with Crippen LogP contribution in [-0.4, -0.2) is 5.97 Å². The van der Waals surface area contributed by atoms with Crippen LogP contribution in [0.1, 0.15) is 28.4 Å². The molecule has 0 N–H and O–H groups in total. The van der Waals surface area contributed by atoms with E-state index in [0.29, 0.717) is 16.3 Å². The Hall–Kier alpha value is -1.80. The van der Waals surface area contributed by atoms with Crippen molar-refractivity contribution < 1.29 is 9.53 Å². The summed E-state index contributed by atoms with van der Waals surface area (Å²) in [5.74, 6) is 0.0951. The molecule has 0 aliphatic heterocycles. The average Bonchev–Trinajstić information content (AvgIpc) is 2.42. The molecule has 0 spiro atoms. The van der Waals surface area contributed by atoms with Gasteiger partial charge in [0.1, 0.15) is 5.75 Å². The van der Waals surface area contributed by atoms with Gasteiger partial charge in [0, 0.05) is 0 Å². The molecule has 0 saturated carbocycles. The van der Waals surface area contributed by atoms with E-state index in [1.807, 2.05) is 25.1 Å². The smallest absolute Gasteiger partial charge is 0.345 e. The summed E-state index contributed by atoms with van der Waals surface area (Å²) in [6.45, 7) is 3.98. The van der Waals surface area contributed by atoms with Crippen molar-refractivity contribution in [3.63, 3.8) is 0 Å². The Morgan fingerprint density at radius 3 is 2.47 bits per heavy atom. The molecule has 0 fully saturated rings. The van der Waals surface area contributed by atoms with E-state index in [-0.39, 0.29) is 0 Å². The topological polar surface area (TPSA) is 26.3 Å². The predicted octanol–water partition coefficient (Wildman–Crippen LogP) is 4.43. The summed E-state index contributed by atoms with van der Waals surface area (Å²) < 4.78 is 5.31. The largest absolute Gasteiger partial charge is 0.423 e. The Kier molecular flexibility index (Phi) is 4.23. The number of halogens is 1. The Bertz CT molecular complexity index is 588. The van der Waals surface area contributed by atoms with Gasteiger partial charge in [0.15, 0.2) is 0 Å². The second kappa shape index (κ2) is 5.89. The second-order valence-electron chi connectivity index (χ2n) is 4.37. The third kappa shape index (κ3) is 3.36. The molecule has 0 bridgehead atoms. The lowest BCUT2D eigenvalue weighted by Crippen LogP contribution is -2.09. The fourth-order valence-electron chi connectivity index (χ4n) is 1.75. The molecule has 0 aliphatic rings. The first-order valence-corrected chi connectivity index (χ1v) is 6.55. The van der Waals surface area contributed by atoms with Gasteiger partial charge in [0.25, 0.3) is 0 Å². The Balaban J connectivity index is 2.18. The molecule has 0 radical (unpaired) electrons. The van der Waals surface area contributed by atoms with Crippen molar-refractivity contribution in [1.29, 1.82) is 0 Å². The van der Waals surface area contributed by atoms with Crippen LogP contribution in [0.3, 0.4) is 0 Å². The predicted molar refractivity (Wildman–Crippen MR) is 77.0 cm³/mol. The first-order valence-electron chi connectivity index (χ1n) is 6.17. The molecule has 0 unspecified atom stereocenters. The minimum absolute atomic E-state index is 0.390. The highest BCUT2D eigenvalue weighted by atomic mass is 35.5. The lowest BCUT2D eigenvalue weighted by atomic mass is 10.1. The molecule has 0 atom stereocenters. The standard InChI is InChI=1S/C16H15ClO2/c1-3-12-5-7-13(8-6-12)19-16(18)14-10-11(2)4-9-15(14)17/h4-10H,3H2,1-2H3. The number of hydrogen-bond acceptors (Lipinski definition) is 2. The Morgan fingerprint density at radius 2 is 1.84 bits per heavy atom. The van der Waals surface area contributed by atoms with E-state index in [0.717, 1.165) is 12.0 Å². The van der Waals surface area contributed by atoms with E-state index in [9.17, 15) is 4.79 Å². The van der Waals surface area contributed by atoms with Crippen LogP contribution in [0.2, 0.25) is 5.02 Å². The van der Waals surface area contributed by atoms with Gasteiger partial charge in [-0.25, -0.2) is 4.79 Å². The number of esters is 1. The average molecular weight is 275 g/mol. The maximum Gasteiger partial charge on any atom is 0.345 e. The van der Waals surface area contributed by atoms with Crippen LogP contribution in [-0.2, 0) is 6.42 Å². The molecule has 2 nitrogen and oxygen atoms in total. The van der Waals surface area contributed by atoms with E-state index in [1.165, 1.54) is 5.56 Å². The van der Waals surface area contributed by atoms with Gasteiger partial charge < -0.3 is 4.74 Å². The van der Waals surface area contributed by atoms with E-state index in [1.54, 1.807) is 24.3 Å². The number of carbonyl (C=O) groups is 1. The van der Waals surface area contributed by atoms with Crippen molar-refractivity contribution >= 4 is 17.6 Å². The molecule has 0 heterocycles. The number of rotatable bonds is 3. The van der Waals surface area contributed by atoms with Crippen molar-refractivity contribution in [3.05, 3.63) is 64.2 Å². The minimum Gasteiger partial charge on any atom is -0.423 e. The van der Waals surface area contributed by atoms with Gasteiger partial charge >= 0.3 is 5.97 Å². The number of carbonyl (C=O) groups excluding carboxylic acids is 1. The highest BCUT2D eigenvalue weighted by molar-refractivity contribution is 6.33. The van der Waals surface area contributed by atoms with E-state index >= 15 is 0 Å². The normalized spacial score (nSPS) is 10.3.